The zero-order valence-electron chi connectivity index (χ0n) is 10.2. The molecule has 2 rings (SSSR count). The van der Waals surface area contributed by atoms with Gasteiger partial charge in [0.25, 0.3) is 0 Å². The van der Waals surface area contributed by atoms with Crippen LogP contribution in [0.5, 0.6) is 5.75 Å². The molecule has 1 aliphatic rings. The molecule has 0 radical (unpaired) electrons. The third kappa shape index (κ3) is 2.07. The van der Waals surface area contributed by atoms with Crippen LogP contribution < -0.4 is 0 Å². The van der Waals surface area contributed by atoms with Crippen LogP contribution in [0, 0.1) is 0 Å². The normalized spacial score (nSPS) is 26.1. The molecule has 2 heteroatoms. The van der Waals surface area contributed by atoms with Crippen molar-refractivity contribution in [2.45, 2.75) is 31.6 Å². The van der Waals surface area contributed by atoms with Gasteiger partial charge in [-0.25, -0.2) is 0 Å². The lowest BCUT2D eigenvalue weighted by atomic mass is 9.76. The highest BCUT2D eigenvalue weighted by Crippen LogP contribution is 2.39. The fourth-order valence-electron chi connectivity index (χ4n) is 2.98. The van der Waals surface area contributed by atoms with Crippen molar-refractivity contribution in [2.24, 2.45) is 0 Å². The van der Waals surface area contributed by atoms with Gasteiger partial charge in [0.2, 0.25) is 0 Å². The fraction of sp³-hybridized carbons (Fsp3) is 0.571. The van der Waals surface area contributed by atoms with E-state index >= 15 is 0 Å². The third-order valence-corrected chi connectivity index (χ3v) is 3.73. The van der Waals surface area contributed by atoms with Crippen LogP contribution in [0.2, 0.25) is 0 Å². The van der Waals surface area contributed by atoms with Crippen LogP contribution in [0.15, 0.2) is 24.3 Å². The van der Waals surface area contributed by atoms with E-state index in [9.17, 15) is 5.11 Å². The summed E-state index contributed by atoms with van der Waals surface area (Å²) in [7, 11) is 2.18. The zero-order chi connectivity index (χ0) is 11.6. The van der Waals surface area contributed by atoms with Crippen LogP contribution >= 0.6 is 0 Å². The summed E-state index contributed by atoms with van der Waals surface area (Å²) in [5.41, 5.74) is 1.57. The van der Waals surface area contributed by atoms with Crippen LogP contribution in [-0.4, -0.2) is 30.1 Å². The predicted molar refractivity (Wildman–Crippen MR) is 66.8 cm³/mol. The first-order valence-corrected chi connectivity index (χ1v) is 6.14. The van der Waals surface area contributed by atoms with Gasteiger partial charge in [-0.3, -0.25) is 0 Å². The molecular formula is C14H21NO. The molecule has 2 nitrogen and oxygen atoms in total. The van der Waals surface area contributed by atoms with E-state index in [1.54, 1.807) is 6.07 Å². The summed E-state index contributed by atoms with van der Waals surface area (Å²) in [6, 6.07) is 7.81. The molecule has 88 valence electrons. The second-order valence-electron chi connectivity index (χ2n) is 5.07. The SMILES string of the molecule is CCCC1(c2cccc(O)c2)CCN(C)C1. The number of aromatic hydroxyl groups is 1. The van der Waals surface area contributed by atoms with Gasteiger partial charge in [0, 0.05) is 12.0 Å². The molecule has 1 aromatic carbocycles. The molecule has 0 saturated carbocycles. The van der Waals surface area contributed by atoms with Crippen LogP contribution in [0.4, 0.5) is 0 Å². The second kappa shape index (κ2) is 4.46. The first-order valence-electron chi connectivity index (χ1n) is 6.14. The molecule has 16 heavy (non-hydrogen) atoms. The topological polar surface area (TPSA) is 23.5 Å². The quantitative estimate of drug-likeness (QED) is 0.845. The molecule has 1 fully saturated rings. The Kier molecular flexibility index (Phi) is 3.20. The van der Waals surface area contributed by atoms with Gasteiger partial charge in [-0.05, 0) is 44.1 Å². The standard InChI is InChI=1S/C14H21NO/c1-3-7-14(8-9-15(2)11-14)12-5-4-6-13(16)10-12/h4-6,10,16H,3,7-9,11H2,1-2H3. The van der Waals surface area contributed by atoms with Crippen molar-refractivity contribution in [1.82, 2.24) is 4.90 Å². The number of likely N-dealkylation sites (tertiary alicyclic amines) is 1. The van der Waals surface area contributed by atoms with Crippen LogP contribution in [0.3, 0.4) is 0 Å². The van der Waals surface area contributed by atoms with Gasteiger partial charge in [0.1, 0.15) is 5.75 Å². The molecule has 1 atom stereocenters. The Bertz CT molecular complexity index is 360. The maximum Gasteiger partial charge on any atom is 0.115 e. The fourth-order valence-corrected chi connectivity index (χ4v) is 2.98. The Morgan fingerprint density at radius 2 is 2.25 bits per heavy atom. The first kappa shape index (κ1) is 11.5. The maximum absolute atomic E-state index is 9.61. The van der Waals surface area contributed by atoms with E-state index in [-0.39, 0.29) is 5.41 Å². The minimum atomic E-state index is 0.266. The van der Waals surface area contributed by atoms with E-state index in [1.807, 2.05) is 12.1 Å². The molecule has 1 saturated heterocycles. The molecule has 0 spiro atoms. The van der Waals surface area contributed by atoms with Crippen molar-refractivity contribution in [3.05, 3.63) is 29.8 Å². The summed E-state index contributed by atoms with van der Waals surface area (Å²) in [5, 5.41) is 9.61. The Morgan fingerprint density at radius 3 is 2.81 bits per heavy atom. The van der Waals surface area contributed by atoms with E-state index < -0.39 is 0 Å². The van der Waals surface area contributed by atoms with Crippen molar-refractivity contribution in [3.63, 3.8) is 0 Å². The Balaban J connectivity index is 2.32. The Hall–Kier alpha value is -1.02. The molecule has 0 amide bonds. The summed E-state index contributed by atoms with van der Waals surface area (Å²) < 4.78 is 0. The van der Waals surface area contributed by atoms with Crippen molar-refractivity contribution in [3.8, 4) is 5.75 Å². The van der Waals surface area contributed by atoms with Gasteiger partial charge in [-0.2, -0.15) is 0 Å². The summed E-state index contributed by atoms with van der Waals surface area (Å²) in [4.78, 5) is 2.39. The van der Waals surface area contributed by atoms with Crippen LogP contribution in [0.25, 0.3) is 0 Å². The number of benzene rings is 1. The largest absolute Gasteiger partial charge is 0.508 e. The molecule has 1 heterocycles. The van der Waals surface area contributed by atoms with Gasteiger partial charge in [0.15, 0.2) is 0 Å². The average molecular weight is 219 g/mol. The van der Waals surface area contributed by atoms with Gasteiger partial charge in [-0.15, -0.1) is 0 Å². The highest BCUT2D eigenvalue weighted by Gasteiger charge is 2.37. The van der Waals surface area contributed by atoms with Crippen molar-refractivity contribution in [2.75, 3.05) is 20.1 Å². The molecule has 1 aromatic rings. The third-order valence-electron chi connectivity index (χ3n) is 3.73. The van der Waals surface area contributed by atoms with Gasteiger partial charge in [-0.1, -0.05) is 25.5 Å². The second-order valence-corrected chi connectivity index (χ2v) is 5.07. The number of rotatable bonds is 3. The minimum absolute atomic E-state index is 0.266. The smallest absolute Gasteiger partial charge is 0.115 e. The molecular weight excluding hydrogens is 198 g/mol. The monoisotopic (exact) mass is 219 g/mol. The summed E-state index contributed by atoms with van der Waals surface area (Å²) in [6.07, 6.45) is 3.62. The Labute approximate surface area is 97.9 Å². The van der Waals surface area contributed by atoms with E-state index in [0.717, 1.165) is 13.1 Å². The lowest BCUT2D eigenvalue weighted by molar-refractivity contribution is 0.349. The van der Waals surface area contributed by atoms with E-state index in [4.69, 9.17) is 0 Å². The Morgan fingerprint density at radius 1 is 1.44 bits per heavy atom. The highest BCUT2D eigenvalue weighted by atomic mass is 16.3. The molecule has 0 bridgehead atoms. The first-order chi connectivity index (χ1) is 7.66. The molecule has 1 aliphatic heterocycles. The predicted octanol–water partition coefficient (Wildman–Crippen LogP) is 2.77. The van der Waals surface area contributed by atoms with Crippen molar-refractivity contribution >= 4 is 0 Å². The molecule has 1 unspecified atom stereocenters. The van der Waals surface area contributed by atoms with Gasteiger partial charge < -0.3 is 10.0 Å². The van der Waals surface area contributed by atoms with E-state index in [0.29, 0.717) is 5.75 Å². The lowest BCUT2D eigenvalue weighted by Crippen LogP contribution is -2.29. The zero-order valence-corrected chi connectivity index (χ0v) is 10.2. The molecule has 1 N–H and O–H groups in total. The molecule has 0 aliphatic carbocycles. The number of likely N-dealkylation sites (N-methyl/N-ethyl adjacent to an activating group) is 1. The average Bonchev–Trinajstić information content (AvgIpc) is 2.62. The number of phenolic OH excluding ortho intramolecular Hbond substituents is 1. The molecule has 0 aromatic heterocycles. The van der Waals surface area contributed by atoms with Crippen LogP contribution in [0.1, 0.15) is 31.7 Å². The van der Waals surface area contributed by atoms with Crippen molar-refractivity contribution in [1.29, 1.82) is 0 Å². The number of hydrogen-bond donors (Lipinski definition) is 1. The van der Waals surface area contributed by atoms with E-state index in [2.05, 4.69) is 24.9 Å². The number of hydrogen-bond acceptors (Lipinski definition) is 2. The van der Waals surface area contributed by atoms with E-state index in [1.165, 1.54) is 24.8 Å². The maximum atomic E-state index is 9.61. The summed E-state index contributed by atoms with van der Waals surface area (Å²) >= 11 is 0. The lowest BCUT2D eigenvalue weighted by Gasteiger charge is -2.29. The number of nitrogens with zero attached hydrogens (tertiary/aromatic N) is 1. The van der Waals surface area contributed by atoms with Gasteiger partial charge in [0.05, 0.1) is 0 Å². The van der Waals surface area contributed by atoms with Crippen molar-refractivity contribution < 1.29 is 5.11 Å². The minimum Gasteiger partial charge on any atom is -0.508 e. The summed E-state index contributed by atoms with van der Waals surface area (Å²) in [5.74, 6) is 0.391. The number of phenols is 1. The summed E-state index contributed by atoms with van der Waals surface area (Å²) in [6.45, 7) is 4.52. The van der Waals surface area contributed by atoms with Crippen LogP contribution in [-0.2, 0) is 5.41 Å². The highest BCUT2D eigenvalue weighted by molar-refractivity contribution is 5.34. The van der Waals surface area contributed by atoms with Gasteiger partial charge >= 0.3 is 0 Å².